The molecule has 0 aliphatic heterocycles. The van der Waals surface area contributed by atoms with Crippen LogP contribution in [-0.4, -0.2) is 11.7 Å². The molecule has 0 fully saturated rings. The van der Waals surface area contributed by atoms with Crippen molar-refractivity contribution in [3.8, 4) is 0 Å². The van der Waals surface area contributed by atoms with Gasteiger partial charge in [-0.3, -0.25) is 10.8 Å². The molecule has 2 aromatic carbocycles. The van der Waals surface area contributed by atoms with E-state index in [0.29, 0.717) is 22.5 Å². The number of nitrogen functional groups attached to an aromatic ring is 2. The molecule has 0 saturated carbocycles. The fourth-order valence-electron chi connectivity index (χ4n) is 2.98. The SMILES string of the molecule is C/C(=C\c1cc2ccc(C(=N)N)cc2o1)c1cc2cc(C(=N)N)ccc2o1. The van der Waals surface area contributed by atoms with E-state index in [-0.39, 0.29) is 11.7 Å². The third-order valence-corrected chi connectivity index (χ3v) is 4.42. The Hall–Kier alpha value is -3.80. The highest BCUT2D eigenvalue weighted by Gasteiger charge is 2.09. The topological polar surface area (TPSA) is 126 Å². The molecule has 0 atom stereocenters. The Kier molecular flexibility index (Phi) is 3.81. The summed E-state index contributed by atoms with van der Waals surface area (Å²) in [5.41, 5.74) is 14.7. The summed E-state index contributed by atoms with van der Waals surface area (Å²) in [4.78, 5) is 0. The van der Waals surface area contributed by atoms with Crippen LogP contribution in [0.25, 0.3) is 33.6 Å². The molecule has 0 radical (unpaired) electrons. The summed E-state index contributed by atoms with van der Waals surface area (Å²) < 4.78 is 11.8. The van der Waals surface area contributed by atoms with Gasteiger partial charge in [-0.05, 0) is 55.0 Å². The number of furan rings is 2. The van der Waals surface area contributed by atoms with E-state index in [2.05, 4.69) is 0 Å². The van der Waals surface area contributed by atoms with Gasteiger partial charge in [0, 0.05) is 21.9 Å². The van der Waals surface area contributed by atoms with Crippen molar-refractivity contribution in [1.82, 2.24) is 0 Å². The maximum Gasteiger partial charge on any atom is 0.135 e. The van der Waals surface area contributed by atoms with Crippen LogP contribution in [0, 0.1) is 10.8 Å². The standard InChI is InChI=1S/C21H18N4O2/c1-11(18-10-15-7-13(20(22)23)4-5-17(15)27-18)6-16-8-12-2-3-14(21(24)25)9-19(12)26-16/h2-10H,1H3,(H3,22,23)(H3,24,25)/b11-6+. The molecule has 4 rings (SSSR count). The van der Waals surface area contributed by atoms with Crippen LogP contribution >= 0.6 is 0 Å². The molecule has 0 unspecified atom stereocenters. The zero-order valence-electron chi connectivity index (χ0n) is 14.7. The van der Waals surface area contributed by atoms with E-state index in [0.717, 1.165) is 27.7 Å². The Labute approximate surface area is 155 Å². The lowest BCUT2D eigenvalue weighted by molar-refractivity contribution is 0.595. The summed E-state index contributed by atoms with van der Waals surface area (Å²) in [6.45, 7) is 1.94. The first-order valence-corrected chi connectivity index (χ1v) is 8.35. The van der Waals surface area contributed by atoms with Gasteiger partial charge in [0.1, 0.15) is 34.4 Å². The van der Waals surface area contributed by atoms with Gasteiger partial charge >= 0.3 is 0 Å². The number of amidine groups is 2. The Morgan fingerprint density at radius 2 is 1.52 bits per heavy atom. The van der Waals surface area contributed by atoms with Crippen LogP contribution in [0.2, 0.25) is 0 Å². The molecule has 6 N–H and O–H groups in total. The summed E-state index contributed by atoms with van der Waals surface area (Å²) >= 11 is 0. The molecule has 6 nitrogen and oxygen atoms in total. The second-order valence-electron chi connectivity index (χ2n) is 6.42. The van der Waals surface area contributed by atoms with Crippen LogP contribution in [0.15, 0.2) is 57.4 Å². The quantitative estimate of drug-likeness (QED) is 0.320. The largest absolute Gasteiger partial charge is 0.457 e. The highest BCUT2D eigenvalue weighted by Crippen LogP contribution is 2.28. The summed E-state index contributed by atoms with van der Waals surface area (Å²) in [7, 11) is 0. The average Bonchev–Trinajstić information content (AvgIpc) is 3.23. The van der Waals surface area contributed by atoms with Crippen molar-refractivity contribution in [1.29, 1.82) is 10.8 Å². The predicted octanol–water partition coefficient (Wildman–Crippen LogP) is 4.31. The first kappa shape index (κ1) is 16.7. The smallest absolute Gasteiger partial charge is 0.135 e. The predicted molar refractivity (Wildman–Crippen MR) is 108 cm³/mol. The Morgan fingerprint density at radius 3 is 2.26 bits per heavy atom. The summed E-state index contributed by atoms with van der Waals surface area (Å²) in [5, 5.41) is 16.9. The fraction of sp³-hybridized carbons (Fsp3) is 0.0476. The molecule has 4 aromatic rings. The lowest BCUT2D eigenvalue weighted by Crippen LogP contribution is -2.10. The Morgan fingerprint density at radius 1 is 0.815 bits per heavy atom. The molecule has 134 valence electrons. The Bertz CT molecular complexity index is 1240. The van der Waals surface area contributed by atoms with Crippen molar-refractivity contribution in [2.75, 3.05) is 0 Å². The minimum absolute atomic E-state index is 0.00813. The third-order valence-electron chi connectivity index (χ3n) is 4.42. The number of rotatable bonds is 4. The van der Waals surface area contributed by atoms with E-state index in [9.17, 15) is 0 Å². The van der Waals surface area contributed by atoms with Crippen molar-refractivity contribution >= 4 is 45.3 Å². The summed E-state index contributed by atoms with van der Waals surface area (Å²) in [6, 6.07) is 14.7. The van der Waals surface area contributed by atoms with Gasteiger partial charge in [0.25, 0.3) is 0 Å². The highest BCUT2D eigenvalue weighted by atomic mass is 16.3. The van der Waals surface area contributed by atoms with Crippen LogP contribution in [0.1, 0.15) is 29.6 Å². The van der Waals surface area contributed by atoms with Gasteiger partial charge in [-0.1, -0.05) is 12.1 Å². The molecule has 27 heavy (non-hydrogen) atoms. The maximum absolute atomic E-state index is 7.55. The monoisotopic (exact) mass is 358 g/mol. The average molecular weight is 358 g/mol. The summed E-state index contributed by atoms with van der Waals surface area (Å²) in [5.74, 6) is 1.44. The van der Waals surface area contributed by atoms with Crippen molar-refractivity contribution in [3.63, 3.8) is 0 Å². The van der Waals surface area contributed by atoms with Gasteiger partial charge in [0.05, 0.1) is 0 Å². The number of fused-ring (bicyclic) bond motifs is 2. The van der Waals surface area contributed by atoms with Gasteiger partial charge in [0.2, 0.25) is 0 Å². The zero-order valence-corrected chi connectivity index (χ0v) is 14.7. The number of allylic oxidation sites excluding steroid dienone is 1. The number of hydrogen-bond acceptors (Lipinski definition) is 4. The first-order valence-electron chi connectivity index (χ1n) is 8.35. The molecule has 2 aromatic heterocycles. The van der Waals surface area contributed by atoms with E-state index < -0.39 is 0 Å². The lowest BCUT2D eigenvalue weighted by atomic mass is 10.1. The lowest BCUT2D eigenvalue weighted by Gasteiger charge is -1.96. The second kappa shape index (κ2) is 6.17. The van der Waals surface area contributed by atoms with E-state index in [1.807, 2.05) is 43.3 Å². The zero-order chi connectivity index (χ0) is 19.1. The van der Waals surface area contributed by atoms with Crippen LogP contribution in [0.3, 0.4) is 0 Å². The second-order valence-corrected chi connectivity index (χ2v) is 6.42. The van der Waals surface area contributed by atoms with Crippen molar-refractivity contribution < 1.29 is 8.83 Å². The number of benzene rings is 2. The van der Waals surface area contributed by atoms with Gasteiger partial charge in [0.15, 0.2) is 0 Å². The highest BCUT2D eigenvalue weighted by molar-refractivity contribution is 5.99. The third kappa shape index (κ3) is 3.08. The van der Waals surface area contributed by atoms with Gasteiger partial charge in [-0.2, -0.15) is 0 Å². The van der Waals surface area contributed by atoms with Gasteiger partial charge in [-0.25, -0.2) is 0 Å². The van der Waals surface area contributed by atoms with E-state index in [1.54, 1.807) is 18.2 Å². The van der Waals surface area contributed by atoms with Crippen LogP contribution in [0.4, 0.5) is 0 Å². The number of nitrogens with one attached hydrogen (secondary N) is 2. The van der Waals surface area contributed by atoms with Crippen molar-refractivity contribution in [2.24, 2.45) is 11.5 Å². The molecule has 0 saturated heterocycles. The van der Waals surface area contributed by atoms with Gasteiger partial charge in [-0.15, -0.1) is 0 Å². The molecule has 0 amide bonds. The maximum atomic E-state index is 7.55. The van der Waals surface area contributed by atoms with Crippen molar-refractivity contribution in [2.45, 2.75) is 6.92 Å². The number of hydrogen-bond donors (Lipinski definition) is 4. The fourth-order valence-corrected chi connectivity index (χ4v) is 2.98. The minimum atomic E-state index is 0.00813. The molecule has 0 aliphatic rings. The van der Waals surface area contributed by atoms with Gasteiger partial charge < -0.3 is 20.3 Å². The van der Waals surface area contributed by atoms with Crippen LogP contribution in [-0.2, 0) is 0 Å². The van der Waals surface area contributed by atoms with E-state index >= 15 is 0 Å². The van der Waals surface area contributed by atoms with Crippen LogP contribution < -0.4 is 11.5 Å². The summed E-state index contributed by atoms with van der Waals surface area (Å²) in [6.07, 6.45) is 1.90. The molecular formula is C21H18N4O2. The molecule has 0 aliphatic carbocycles. The van der Waals surface area contributed by atoms with Crippen molar-refractivity contribution in [3.05, 3.63) is 71.2 Å². The van der Waals surface area contributed by atoms with E-state index in [4.69, 9.17) is 31.1 Å². The Balaban J connectivity index is 1.71. The molecular weight excluding hydrogens is 340 g/mol. The minimum Gasteiger partial charge on any atom is -0.457 e. The van der Waals surface area contributed by atoms with E-state index in [1.165, 1.54) is 0 Å². The number of nitrogens with two attached hydrogens (primary N) is 2. The molecule has 0 bridgehead atoms. The molecule has 0 spiro atoms. The normalized spacial score (nSPS) is 12.0. The molecule has 2 heterocycles. The first-order chi connectivity index (χ1) is 12.9. The van der Waals surface area contributed by atoms with Crippen LogP contribution in [0.5, 0.6) is 0 Å². The molecule has 6 heteroatoms.